The molecule has 0 unspecified atom stereocenters. The Morgan fingerprint density at radius 2 is 2.23 bits per heavy atom. The molecule has 0 spiro atoms. The van der Waals surface area contributed by atoms with Crippen molar-refractivity contribution < 1.29 is 14.8 Å². The standard InChI is InChI=1S/C7H9BN2O3/c1-4-2-5(8(12)13)3-10-6(4)7(9)11/h2-3,12-13H,1H3,(H2,9,11). The molecule has 13 heavy (non-hydrogen) atoms. The van der Waals surface area contributed by atoms with E-state index in [2.05, 4.69) is 4.98 Å². The van der Waals surface area contributed by atoms with E-state index >= 15 is 0 Å². The van der Waals surface area contributed by atoms with E-state index in [-0.39, 0.29) is 11.2 Å². The zero-order valence-corrected chi connectivity index (χ0v) is 7.06. The average Bonchev–Trinajstić information content (AvgIpc) is 2.03. The number of pyridine rings is 1. The Hall–Kier alpha value is -1.40. The third-order valence-corrected chi connectivity index (χ3v) is 1.63. The van der Waals surface area contributed by atoms with Crippen molar-refractivity contribution in [2.24, 2.45) is 5.73 Å². The van der Waals surface area contributed by atoms with E-state index in [0.29, 0.717) is 5.56 Å². The number of aromatic nitrogens is 1. The molecule has 0 aromatic carbocycles. The number of hydrogen-bond acceptors (Lipinski definition) is 4. The van der Waals surface area contributed by atoms with E-state index in [0.717, 1.165) is 0 Å². The van der Waals surface area contributed by atoms with E-state index in [1.807, 2.05) is 0 Å². The maximum atomic E-state index is 10.7. The van der Waals surface area contributed by atoms with Gasteiger partial charge in [-0.15, -0.1) is 0 Å². The first-order valence-corrected chi connectivity index (χ1v) is 3.65. The highest BCUT2D eigenvalue weighted by molar-refractivity contribution is 6.58. The summed E-state index contributed by atoms with van der Waals surface area (Å²) >= 11 is 0. The minimum atomic E-state index is -1.58. The van der Waals surface area contributed by atoms with Crippen LogP contribution < -0.4 is 11.2 Å². The van der Waals surface area contributed by atoms with Gasteiger partial charge < -0.3 is 15.8 Å². The van der Waals surface area contributed by atoms with E-state index < -0.39 is 13.0 Å². The van der Waals surface area contributed by atoms with Crippen LogP contribution in [-0.4, -0.2) is 28.1 Å². The molecule has 1 aromatic heterocycles. The van der Waals surface area contributed by atoms with E-state index in [9.17, 15) is 4.79 Å². The van der Waals surface area contributed by atoms with Gasteiger partial charge in [-0.25, -0.2) is 0 Å². The lowest BCUT2D eigenvalue weighted by molar-refractivity contribution is 0.0995. The van der Waals surface area contributed by atoms with Gasteiger partial charge in [-0.2, -0.15) is 0 Å². The van der Waals surface area contributed by atoms with Crippen molar-refractivity contribution in [3.05, 3.63) is 23.5 Å². The van der Waals surface area contributed by atoms with Gasteiger partial charge in [0.15, 0.2) is 0 Å². The summed E-state index contributed by atoms with van der Waals surface area (Å²) in [6.45, 7) is 1.62. The minimum Gasteiger partial charge on any atom is -0.423 e. The molecule has 6 heteroatoms. The van der Waals surface area contributed by atoms with Gasteiger partial charge in [0.2, 0.25) is 0 Å². The fourth-order valence-electron chi connectivity index (χ4n) is 0.996. The number of hydrogen-bond donors (Lipinski definition) is 3. The predicted octanol–water partition coefficient (Wildman–Crippen LogP) is -1.83. The lowest BCUT2D eigenvalue weighted by Crippen LogP contribution is -2.31. The van der Waals surface area contributed by atoms with Crippen LogP contribution in [0.5, 0.6) is 0 Å². The third-order valence-electron chi connectivity index (χ3n) is 1.63. The minimum absolute atomic E-state index is 0.143. The molecular formula is C7H9BN2O3. The Labute approximate surface area is 75.4 Å². The van der Waals surface area contributed by atoms with Crippen molar-refractivity contribution >= 4 is 18.5 Å². The van der Waals surface area contributed by atoms with Crippen LogP contribution in [-0.2, 0) is 0 Å². The van der Waals surface area contributed by atoms with Gasteiger partial charge in [-0.3, -0.25) is 9.78 Å². The second-order valence-corrected chi connectivity index (χ2v) is 2.67. The lowest BCUT2D eigenvalue weighted by atomic mass is 9.81. The molecule has 1 aromatic rings. The smallest absolute Gasteiger partial charge is 0.423 e. The van der Waals surface area contributed by atoms with Crippen molar-refractivity contribution in [1.29, 1.82) is 0 Å². The van der Waals surface area contributed by atoms with Crippen LogP contribution >= 0.6 is 0 Å². The van der Waals surface area contributed by atoms with Crippen LogP contribution in [0.1, 0.15) is 16.1 Å². The van der Waals surface area contributed by atoms with Crippen molar-refractivity contribution in [2.75, 3.05) is 0 Å². The van der Waals surface area contributed by atoms with Crippen LogP contribution in [0.3, 0.4) is 0 Å². The highest BCUT2D eigenvalue weighted by Gasteiger charge is 2.14. The maximum Gasteiger partial charge on any atom is 0.490 e. The van der Waals surface area contributed by atoms with Gasteiger partial charge in [-0.1, -0.05) is 6.07 Å². The second-order valence-electron chi connectivity index (χ2n) is 2.67. The summed E-state index contributed by atoms with van der Waals surface area (Å²) in [6, 6.07) is 1.46. The summed E-state index contributed by atoms with van der Waals surface area (Å²) in [5, 5.41) is 17.6. The van der Waals surface area contributed by atoms with E-state index in [1.165, 1.54) is 12.3 Å². The summed E-state index contributed by atoms with van der Waals surface area (Å²) < 4.78 is 0. The zero-order chi connectivity index (χ0) is 10.0. The number of carbonyl (C=O) groups excluding carboxylic acids is 1. The molecule has 0 radical (unpaired) electrons. The molecule has 0 saturated carbocycles. The monoisotopic (exact) mass is 180 g/mol. The van der Waals surface area contributed by atoms with Crippen molar-refractivity contribution in [3.63, 3.8) is 0 Å². The highest BCUT2D eigenvalue weighted by Crippen LogP contribution is 2.00. The number of nitrogens with zero attached hydrogens (tertiary/aromatic N) is 1. The van der Waals surface area contributed by atoms with Gasteiger partial charge in [-0.05, 0) is 12.5 Å². The van der Waals surface area contributed by atoms with Gasteiger partial charge in [0.25, 0.3) is 5.91 Å². The first kappa shape index (κ1) is 9.69. The van der Waals surface area contributed by atoms with Gasteiger partial charge in [0, 0.05) is 11.7 Å². The topological polar surface area (TPSA) is 96.4 Å². The van der Waals surface area contributed by atoms with Gasteiger partial charge in [0.05, 0.1) is 0 Å². The lowest BCUT2D eigenvalue weighted by Gasteiger charge is -2.03. The quantitative estimate of drug-likeness (QED) is 0.466. The molecule has 4 N–H and O–H groups in total. The number of carbonyl (C=O) groups is 1. The van der Waals surface area contributed by atoms with Crippen LogP contribution in [0.25, 0.3) is 0 Å². The maximum absolute atomic E-state index is 10.7. The van der Waals surface area contributed by atoms with Crippen LogP contribution in [0.2, 0.25) is 0 Å². The molecule has 0 fully saturated rings. The number of amides is 1. The second kappa shape index (κ2) is 3.55. The molecule has 68 valence electrons. The highest BCUT2D eigenvalue weighted by atomic mass is 16.4. The summed E-state index contributed by atoms with van der Waals surface area (Å²) in [6.07, 6.45) is 1.21. The SMILES string of the molecule is Cc1cc(B(O)O)cnc1C(N)=O. The summed E-state index contributed by atoms with van der Waals surface area (Å²) in [5.41, 5.74) is 5.92. The molecule has 5 nitrogen and oxygen atoms in total. The van der Waals surface area contributed by atoms with Crippen LogP contribution in [0.15, 0.2) is 12.3 Å². The van der Waals surface area contributed by atoms with E-state index in [1.54, 1.807) is 6.92 Å². The van der Waals surface area contributed by atoms with Gasteiger partial charge >= 0.3 is 7.12 Å². The normalized spacial score (nSPS) is 9.77. The van der Waals surface area contributed by atoms with Crippen LogP contribution in [0.4, 0.5) is 0 Å². The van der Waals surface area contributed by atoms with Crippen molar-refractivity contribution in [1.82, 2.24) is 4.98 Å². The number of nitrogens with two attached hydrogens (primary N) is 1. The largest absolute Gasteiger partial charge is 0.490 e. The summed E-state index contributed by atoms with van der Waals surface area (Å²) in [4.78, 5) is 14.4. The molecule has 0 saturated heterocycles. The average molecular weight is 180 g/mol. The molecule has 1 amide bonds. The molecule has 0 bridgehead atoms. The zero-order valence-electron chi connectivity index (χ0n) is 7.06. The Balaban J connectivity index is 3.13. The molecular weight excluding hydrogens is 171 g/mol. The van der Waals surface area contributed by atoms with Gasteiger partial charge in [0.1, 0.15) is 5.69 Å². The Morgan fingerprint density at radius 1 is 1.62 bits per heavy atom. The third kappa shape index (κ3) is 2.04. The molecule has 0 aliphatic rings. The summed E-state index contributed by atoms with van der Waals surface area (Å²) in [5.74, 6) is -0.628. The number of aryl methyl sites for hydroxylation is 1. The van der Waals surface area contributed by atoms with Crippen LogP contribution in [0, 0.1) is 6.92 Å². The first-order chi connectivity index (χ1) is 6.02. The first-order valence-electron chi connectivity index (χ1n) is 3.65. The molecule has 0 aliphatic carbocycles. The molecule has 0 atom stereocenters. The Bertz CT molecular complexity index is 341. The fourth-order valence-corrected chi connectivity index (χ4v) is 0.996. The Kier molecular flexibility index (Phi) is 2.65. The number of rotatable bonds is 2. The van der Waals surface area contributed by atoms with E-state index in [4.69, 9.17) is 15.8 Å². The Morgan fingerprint density at radius 3 is 2.62 bits per heavy atom. The molecule has 1 heterocycles. The van der Waals surface area contributed by atoms with Crippen molar-refractivity contribution in [3.8, 4) is 0 Å². The van der Waals surface area contributed by atoms with Crippen molar-refractivity contribution in [2.45, 2.75) is 6.92 Å². The molecule has 0 aliphatic heterocycles. The number of primary amides is 1. The predicted molar refractivity (Wildman–Crippen MR) is 47.3 cm³/mol. The fraction of sp³-hybridized carbons (Fsp3) is 0.143. The summed E-state index contributed by atoms with van der Waals surface area (Å²) in [7, 11) is -1.58. The molecule has 1 rings (SSSR count).